The molecule has 0 aliphatic heterocycles. The number of oxazole rings is 1. The summed E-state index contributed by atoms with van der Waals surface area (Å²) < 4.78 is 11.8. The summed E-state index contributed by atoms with van der Waals surface area (Å²) in [5, 5.41) is 5.51. The first-order chi connectivity index (χ1) is 14.6. The number of fused-ring (bicyclic) bond motifs is 1. The number of nitrogens with zero attached hydrogens (tertiary/aromatic N) is 1. The lowest BCUT2D eigenvalue weighted by atomic mass is 10.2. The van der Waals surface area contributed by atoms with Crippen LogP contribution in [0.2, 0.25) is 0 Å². The quantitative estimate of drug-likeness (QED) is 0.486. The summed E-state index contributed by atoms with van der Waals surface area (Å²) in [6, 6.07) is 17.2. The second kappa shape index (κ2) is 8.52. The van der Waals surface area contributed by atoms with Crippen molar-refractivity contribution in [1.29, 1.82) is 0 Å². The minimum absolute atomic E-state index is 0.164. The zero-order valence-electron chi connectivity index (χ0n) is 16.0. The van der Waals surface area contributed by atoms with Crippen molar-refractivity contribution >= 4 is 34.3 Å². The third-order valence-electron chi connectivity index (χ3n) is 4.53. The molecular weight excluding hydrogens is 386 g/mol. The van der Waals surface area contributed by atoms with E-state index in [4.69, 9.17) is 8.83 Å². The highest BCUT2D eigenvalue weighted by atomic mass is 16.4. The third-order valence-corrected chi connectivity index (χ3v) is 4.53. The number of carbonyl (C=O) groups is 2. The number of nitrogens with one attached hydrogen (secondary N) is 2. The normalized spacial score (nSPS) is 10.8. The van der Waals surface area contributed by atoms with Gasteiger partial charge < -0.3 is 19.5 Å². The molecule has 30 heavy (non-hydrogen) atoms. The van der Waals surface area contributed by atoms with E-state index in [0.717, 1.165) is 5.52 Å². The van der Waals surface area contributed by atoms with E-state index in [1.54, 1.807) is 48.5 Å². The molecule has 2 amide bonds. The molecule has 0 saturated heterocycles. The molecule has 0 saturated carbocycles. The Hall–Kier alpha value is -4.07. The number of benzene rings is 2. The minimum atomic E-state index is -0.427. The first-order valence-electron chi connectivity index (χ1n) is 9.43. The van der Waals surface area contributed by atoms with Gasteiger partial charge in [-0.2, -0.15) is 0 Å². The fourth-order valence-electron chi connectivity index (χ4n) is 3.08. The molecule has 0 unspecified atom stereocenters. The highest BCUT2D eigenvalue weighted by molar-refractivity contribution is 6.02. The van der Waals surface area contributed by atoms with Crippen molar-refractivity contribution in [1.82, 2.24) is 4.57 Å². The Morgan fingerprint density at radius 1 is 0.900 bits per heavy atom. The van der Waals surface area contributed by atoms with E-state index in [-0.39, 0.29) is 24.0 Å². The van der Waals surface area contributed by atoms with Gasteiger partial charge in [0, 0.05) is 24.3 Å². The fraction of sp³-hybridized carbons (Fsp3) is 0.136. The van der Waals surface area contributed by atoms with Crippen LogP contribution in [0.4, 0.5) is 11.4 Å². The van der Waals surface area contributed by atoms with Crippen LogP contribution in [0, 0.1) is 0 Å². The first kappa shape index (κ1) is 19.3. The molecule has 0 bridgehead atoms. The number of furan rings is 1. The van der Waals surface area contributed by atoms with E-state index < -0.39 is 5.76 Å². The molecule has 0 aliphatic carbocycles. The van der Waals surface area contributed by atoms with Crippen molar-refractivity contribution in [2.75, 3.05) is 10.6 Å². The summed E-state index contributed by atoms with van der Waals surface area (Å²) in [4.78, 5) is 36.1. The van der Waals surface area contributed by atoms with Crippen LogP contribution in [-0.4, -0.2) is 16.4 Å². The van der Waals surface area contributed by atoms with Gasteiger partial charge in [-0.3, -0.25) is 14.2 Å². The zero-order valence-corrected chi connectivity index (χ0v) is 16.0. The molecule has 4 rings (SSSR count). The van der Waals surface area contributed by atoms with E-state index in [2.05, 4.69) is 10.6 Å². The summed E-state index contributed by atoms with van der Waals surface area (Å²) in [5.41, 5.74) is 2.45. The summed E-state index contributed by atoms with van der Waals surface area (Å²) in [7, 11) is 0. The Morgan fingerprint density at radius 2 is 1.63 bits per heavy atom. The maximum absolute atomic E-state index is 12.2. The molecule has 8 nitrogen and oxygen atoms in total. The number of rotatable bonds is 7. The number of hydrogen-bond acceptors (Lipinski definition) is 5. The van der Waals surface area contributed by atoms with Gasteiger partial charge in [0.25, 0.3) is 5.91 Å². The third kappa shape index (κ3) is 4.33. The molecule has 2 heterocycles. The lowest BCUT2D eigenvalue weighted by molar-refractivity contribution is -0.116. The van der Waals surface area contributed by atoms with Gasteiger partial charge in [-0.15, -0.1) is 0 Å². The van der Waals surface area contributed by atoms with E-state index in [0.29, 0.717) is 29.9 Å². The predicted molar refractivity (Wildman–Crippen MR) is 111 cm³/mol. The number of amides is 2. The van der Waals surface area contributed by atoms with Gasteiger partial charge in [-0.05, 0) is 55.0 Å². The Morgan fingerprint density at radius 3 is 2.37 bits per heavy atom. The SMILES string of the molecule is O=C(CCCn1c(=O)oc2ccccc21)Nc1ccc(NC(=O)c2ccco2)cc1. The lowest BCUT2D eigenvalue weighted by Crippen LogP contribution is -2.17. The molecule has 0 fully saturated rings. The van der Waals surface area contributed by atoms with Crippen LogP contribution in [0.25, 0.3) is 11.1 Å². The number of carbonyl (C=O) groups excluding carboxylic acids is 2. The molecular formula is C22H19N3O5. The molecule has 2 N–H and O–H groups in total. The van der Waals surface area contributed by atoms with Gasteiger partial charge in [-0.1, -0.05) is 12.1 Å². The van der Waals surface area contributed by atoms with Crippen molar-refractivity contribution in [2.24, 2.45) is 0 Å². The Labute approximate surface area is 171 Å². The van der Waals surface area contributed by atoms with Crippen LogP contribution in [0.15, 0.2) is 80.6 Å². The maximum Gasteiger partial charge on any atom is 0.419 e. The Balaban J connectivity index is 1.28. The number of anilines is 2. The van der Waals surface area contributed by atoms with Gasteiger partial charge in [-0.25, -0.2) is 4.79 Å². The number of aryl methyl sites for hydroxylation is 1. The Kier molecular flexibility index (Phi) is 5.47. The van der Waals surface area contributed by atoms with Gasteiger partial charge in [0.15, 0.2) is 11.3 Å². The van der Waals surface area contributed by atoms with Crippen molar-refractivity contribution < 1.29 is 18.4 Å². The second-order valence-corrected chi connectivity index (χ2v) is 6.65. The van der Waals surface area contributed by atoms with Crippen LogP contribution >= 0.6 is 0 Å². The minimum Gasteiger partial charge on any atom is -0.459 e. The van der Waals surface area contributed by atoms with Gasteiger partial charge in [0.1, 0.15) is 0 Å². The highest BCUT2D eigenvalue weighted by Crippen LogP contribution is 2.16. The van der Waals surface area contributed by atoms with E-state index in [1.165, 1.54) is 10.8 Å². The maximum atomic E-state index is 12.2. The molecule has 0 atom stereocenters. The molecule has 0 aliphatic rings. The van der Waals surface area contributed by atoms with Gasteiger partial charge in [0.2, 0.25) is 5.91 Å². The van der Waals surface area contributed by atoms with Crippen LogP contribution in [-0.2, 0) is 11.3 Å². The van der Waals surface area contributed by atoms with Crippen molar-refractivity contribution in [3.05, 3.63) is 83.2 Å². The van der Waals surface area contributed by atoms with E-state index in [9.17, 15) is 14.4 Å². The summed E-state index contributed by atoms with van der Waals surface area (Å²) >= 11 is 0. The number of hydrogen-bond donors (Lipinski definition) is 2. The monoisotopic (exact) mass is 405 g/mol. The Bertz CT molecular complexity index is 1220. The molecule has 2 aromatic carbocycles. The average molecular weight is 405 g/mol. The van der Waals surface area contributed by atoms with Crippen LogP contribution in [0.1, 0.15) is 23.4 Å². The van der Waals surface area contributed by atoms with Crippen molar-refractivity contribution in [3.8, 4) is 0 Å². The standard InChI is InChI=1S/C22H19N3O5/c26-20(8-3-13-25-17-5-1-2-6-18(17)30-22(25)28)23-15-9-11-16(12-10-15)24-21(27)19-7-4-14-29-19/h1-2,4-7,9-12,14H,3,8,13H2,(H,23,26)(H,24,27). The molecule has 4 aromatic rings. The largest absolute Gasteiger partial charge is 0.459 e. The van der Waals surface area contributed by atoms with E-state index in [1.807, 2.05) is 12.1 Å². The van der Waals surface area contributed by atoms with Crippen LogP contribution in [0.5, 0.6) is 0 Å². The molecule has 0 radical (unpaired) electrons. The van der Waals surface area contributed by atoms with E-state index >= 15 is 0 Å². The highest BCUT2D eigenvalue weighted by Gasteiger charge is 2.10. The zero-order chi connectivity index (χ0) is 20.9. The van der Waals surface area contributed by atoms with Crippen molar-refractivity contribution in [2.45, 2.75) is 19.4 Å². The first-order valence-corrected chi connectivity index (χ1v) is 9.43. The molecule has 8 heteroatoms. The topological polar surface area (TPSA) is 106 Å². The average Bonchev–Trinajstić information content (AvgIpc) is 3.38. The predicted octanol–water partition coefficient (Wildman–Crippen LogP) is 3.86. The smallest absolute Gasteiger partial charge is 0.419 e. The van der Waals surface area contributed by atoms with Crippen LogP contribution in [0.3, 0.4) is 0 Å². The fourth-order valence-corrected chi connectivity index (χ4v) is 3.08. The second-order valence-electron chi connectivity index (χ2n) is 6.65. The van der Waals surface area contributed by atoms with Crippen LogP contribution < -0.4 is 16.4 Å². The lowest BCUT2D eigenvalue weighted by Gasteiger charge is -2.08. The van der Waals surface area contributed by atoms with Gasteiger partial charge >= 0.3 is 5.76 Å². The van der Waals surface area contributed by atoms with Crippen molar-refractivity contribution in [3.63, 3.8) is 0 Å². The molecule has 152 valence electrons. The summed E-state index contributed by atoms with van der Waals surface area (Å²) in [5.74, 6) is -0.720. The number of aromatic nitrogens is 1. The molecule has 2 aromatic heterocycles. The van der Waals surface area contributed by atoms with Gasteiger partial charge in [0.05, 0.1) is 11.8 Å². The number of para-hydroxylation sites is 2. The molecule has 0 spiro atoms. The summed E-state index contributed by atoms with van der Waals surface area (Å²) in [6.45, 7) is 0.390. The summed E-state index contributed by atoms with van der Waals surface area (Å²) in [6.07, 6.45) is 2.18.